The topological polar surface area (TPSA) is 57.2 Å². The van der Waals surface area contributed by atoms with Gasteiger partial charge in [0.05, 0.1) is 33.9 Å². The number of hydrogen-bond acceptors (Lipinski definition) is 4. The molecule has 6 rings (SSSR count). The van der Waals surface area contributed by atoms with Crippen LogP contribution in [-0.2, 0) is 19.1 Å². The third kappa shape index (κ3) is 6.39. The van der Waals surface area contributed by atoms with Crippen molar-refractivity contribution in [2.75, 3.05) is 24.5 Å². The minimum absolute atomic E-state index is 0.0781. The van der Waals surface area contributed by atoms with Gasteiger partial charge < -0.3 is 4.90 Å². The molecule has 4 aromatic rings. The first-order chi connectivity index (χ1) is 21.6. The molecular weight excluding hydrogens is 575 g/mol. The van der Waals surface area contributed by atoms with Crippen molar-refractivity contribution in [1.82, 2.24) is 14.0 Å². The molecule has 236 valence electrons. The molecule has 1 aromatic heterocycles. The van der Waals surface area contributed by atoms with Gasteiger partial charge >= 0.3 is 11.9 Å². The predicted molar refractivity (Wildman–Crippen MR) is 172 cm³/mol. The van der Waals surface area contributed by atoms with E-state index in [9.17, 15) is 23.2 Å². The Balaban J connectivity index is 1.14. The summed E-state index contributed by atoms with van der Waals surface area (Å²) in [6, 6.07) is 22.0. The summed E-state index contributed by atoms with van der Waals surface area (Å²) in [5.41, 5.74) is 1.60. The van der Waals surface area contributed by atoms with Crippen molar-refractivity contribution in [2.45, 2.75) is 77.2 Å². The summed E-state index contributed by atoms with van der Waals surface area (Å²) in [4.78, 5) is 18.8. The van der Waals surface area contributed by atoms with Crippen LogP contribution in [0.1, 0.15) is 62.6 Å². The van der Waals surface area contributed by atoms with Gasteiger partial charge in [0.1, 0.15) is 0 Å². The molecule has 0 radical (unpaired) electrons. The van der Waals surface area contributed by atoms with Crippen LogP contribution < -0.4 is 10.6 Å². The molecule has 45 heavy (non-hydrogen) atoms. The molecule has 1 aliphatic carbocycles. The smallest absolute Gasteiger partial charge is 0.372 e. The second-order valence-electron chi connectivity index (χ2n) is 12.8. The molecule has 0 spiro atoms. The van der Waals surface area contributed by atoms with Gasteiger partial charge in [0.25, 0.3) is 0 Å². The lowest BCUT2D eigenvalue weighted by molar-refractivity contribution is -0.137. The van der Waals surface area contributed by atoms with E-state index in [4.69, 9.17) is 0 Å². The van der Waals surface area contributed by atoms with Crippen molar-refractivity contribution in [3.63, 3.8) is 0 Å². The summed E-state index contributed by atoms with van der Waals surface area (Å²) in [5.74, 6) is 0.744. The first-order valence-electron chi connectivity index (χ1n) is 16.1. The summed E-state index contributed by atoms with van der Waals surface area (Å²) < 4.78 is 44.0. The van der Waals surface area contributed by atoms with E-state index in [1.807, 2.05) is 6.07 Å². The molecule has 9 heteroatoms. The summed E-state index contributed by atoms with van der Waals surface area (Å²) in [7, 11) is 0. The average molecular weight is 616 g/mol. The van der Waals surface area contributed by atoms with Gasteiger partial charge in [-0.25, -0.2) is 4.79 Å². The van der Waals surface area contributed by atoms with Crippen LogP contribution in [0, 0.1) is 17.2 Å². The lowest BCUT2D eigenvalue weighted by atomic mass is 9.88. The molecule has 0 atom stereocenters. The van der Waals surface area contributed by atoms with Crippen LogP contribution in [0.2, 0.25) is 0 Å². The number of alkyl halides is 3. The number of imidazole rings is 1. The standard InChI is InChI=1S/C36H40F3N5O/c1-25(2)43(30-6-5-7-30)24-27-16-19-41(20-17-27)29-13-10-26(11-14-29)18-21-42-33-8-3-4-9-34(33)44(35(42)45)31-15-12-28(23-40)32(22-31)36(37,38)39/h3-4,8-15,22,25,27,30H,5-7,16-21,24H2,1-2H3. The zero-order valence-electron chi connectivity index (χ0n) is 25.9. The molecule has 0 N–H and O–H groups in total. The van der Waals surface area contributed by atoms with Gasteiger partial charge in [-0.3, -0.25) is 14.0 Å². The quantitative estimate of drug-likeness (QED) is 0.197. The number of hydrogen-bond donors (Lipinski definition) is 0. The van der Waals surface area contributed by atoms with Gasteiger partial charge in [0, 0.05) is 44.0 Å². The Morgan fingerprint density at radius 2 is 1.60 bits per heavy atom. The van der Waals surface area contributed by atoms with Crippen LogP contribution in [-0.4, -0.2) is 45.8 Å². The summed E-state index contributed by atoms with van der Waals surface area (Å²) in [6.07, 6.45) is 2.36. The Kier molecular flexibility index (Phi) is 8.78. The van der Waals surface area contributed by atoms with Crippen LogP contribution >= 0.6 is 0 Å². The van der Waals surface area contributed by atoms with Crippen LogP contribution in [0.15, 0.2) is 71.5 Å². The first kappa shape index (κ1) is 31.0. The fraction of sp³-hybridized carbons (Fsp3) is 0.444. The Morgan fingerprint density at radius 3 is 2.20 bits per heavy atom. The van der Waals surface area contributed by atoms with Crippen molar-refractivity contribution in [3.05, 3.63) is 93.9 Å². The van der Waals surface area contributed by atoms with Gasteiger partial charge in [-0.05, 0) is 99.9 Å². The van der Waals surface area contributed by atoms with Crippen molar-refractivity contribution in [1.29, 1.82) is 5.26 Å². The highest BCUT2D eigenvalue weighted by Gasteiger charge is 2.34. The van der Waals surface area contributed by atoms with Crippen molar-refractivity contribution in [3.8, 4) is 11.8 Å². The zero-order valence-corrected chi connectivity index (χ0v) is 25.9. The molecule has 6 nitrogen and oxygen atoms in total. The maximum Gasteiger partial charge on any atom is 0.417 e. The maximum absolute atomic E-state index is 13.7. The number of anilines is 1. The van der Waals surface area contributed by atoms with E-state index in [2.05, 4.69) is 47.9 Å². The highest BCUT2D eigenvalue weighted by atomic mass is 19.4. The molecule has 2 heterocycles. The Labute approximate surface area is 262 Å². The molecule has 0 unspecified atom stereocenters. The second-order valence-corrected chi connectivity index (χ2v) is 12.8. The van der Waals surface area contributed by atoms with E-state index in [0.717, 1.165) is 42.7 Å². The predicted octanol–water partition coefficient (Wildman–Crippen LogP) is 7.40. The molecule has 2 fully saturated rings. The number of aromatic nitrogens is 2. The second kappa shape index (κ2) is 12.8. The third-order valence-corrected chi connectivity index (χ3v) is 9.74. The number of halogens is 3. The summed E-state index contributed by atoms with van der Waals surface area (Å²) in [5, 5.41) is 9.20. The van der Waals surface area contributed by atoms with E-state index in [1.54, 1.807) is 28.8 Å². The molecule has 2 aliphatic rings. The van der Waals surface area contributed by atoms with E-state index in [1.165, 1.54) is 55.0 Å². The normalized spacial score (nSPS) is 16.4. The van der Waals surface area contributed by atoms with Crippen LogP contribution in [0.4, 0.5) is 18.9 Å². The summed E-state index contributed by atoms with van der Waals surface area (Å²) >= 11 is 0. The van der Waals surface area contributed by atoms with Gasteiger partial charge in [-0.15, -0.1) is 0 Å². The zero-order chi connectivity index (χ0) is 31.7. The summed E-state index contributed by atoms with van der Waals surface area (Å²) in [6.45, 7) is 8.35. The maximum atomic E-state index is 13.7. The van der Waals surface area contributed by atoms with Crippen LogP contribution in [0.3, 0.4) is 0 Å². The third-order valence-electron chi connectivity index (χ3n) is 9.74. The van der Waals surface area contributed by atoms with Gasteiger partial charge in [-0.2, -0.15) is 18.4 Å². The number of para-hydroxylation sites is 2. The van der Waals surface area contributed by atoms with Gasteiger partial charge in [-0.1, -0.05) is 30.7 Å². The lowest BCUT2D eigenvalue weighted by Crippen LogP contribution is -2.48. The van der Waals surface area contributed by atoms with E-state index in [0.29, 0.717) is 30.0 Å². The Bertz CT molecular complexity index is 1740. The molecule has 1 saturated heterocycles. The van der Waals surface area contributed by atoms with Crippen molar-refractivity contribution < 1.29 is 13.2 Å². The minimum atomic E-state index is -4.71. The van der Waals surface area contributed by atoms with Crippen molar-refractivity contribution >= 4 is 16.7 Å². The fourth-order valence-corrected chi connectivity index (χ4v) is 6.96. The number of nitriles is 1. The average Bonchev–Trinajstić information content (AvgIpc) is 3.29. The van der Waals surface area contributed by atoms with E-state index < -0.39 is 23.0 Å². The van der Waals surface area contributed by atoms with E-state index in [-0.39, 0.29) is 5.69 Å². The number of nitrogens with zero attached hydrogens (tertiary/aromatic N) is 5. The SMILES string of the molecule is CC(C)N(CC1CCN(c2ccc(CCn3c(=O)n(-c4ccc(C#N)c(C(F)(F)F)c4)c4ccccc43)cc2)CC1)C1CCC1. The number of rotatable bonds is 9. The molecule has 0 amide bonds. The monoisotopic (exact) mass is 615 g/mol. The van der Waals surface area contributed by atoms with E-state index >= 15 is 0 Å². The highest BCUT2D eigenvalue weighted by Crippen LogP contribution is 2.34. The van der Waals surface area contributed by atoms with Gasteiger partial charge in [0.15, 0.2) is 0 Å². The Hall–Kier alpha value is -4.03. The van der Waals surface area contributed by atoms with Gasteiger partial charge in [0.2, 0.25) is 0 Å². The molecule has 0 bridgehead atoms. The minimum Gasteiger partial charge on any atom is -0.372 e. The van der Waals surface area contributed by atoms with Crippen LogP contribution in [0.5, 0.6) is 0 Å². The number of piperidine rings is 1. The highest BCUT2D eigenvalue weighted by molar-refractivity contribution is 5.78. The largest absolute Gasteiger partial charge is 0.417 e. The number of benzene rings is 3. The first-order valence-corrected chi connectivity index (χ1v) is 16.1. The fourth-order valence-electron chi connectivity index (χ4n) is 6.96. The number of aryl methyl sites for hydroxylation is 2. The lowest BCUT2D eigenvalue weighted by Gasteiger charge is -2.43. The Morgan fingerprint density at radius 1 is 0.933 bits per heavy atom. The molecule has 1 saturated carbocycles. The molecule has 3 aromatic carbocycles. The molecular formula is C36H40F3N5O. The molecule has 1 aliphatic heterocycles. The van der Waals surface area contributed by atoms with Crippen LogP contribution in [0.25, 0.3) is 16.7 Å². The number of fused-ring (bicyclic) bond motifs is 1. The van der Waals surface area contributed by atoms with Crippen molar-refractivity contribution in [2.24, 2.45) is 5.92 Å².